The average molecular weight is 680 g/mol. The van der Waals surface area contributed by atoms with Crippen LogP contribution in [0.15, 0.2) is 6.20 Å². The monoisotopic (exact) mass is 679 g/mol. The van der Waals surface area contributed by atoms with Crippen molar-refractivity contribution in [2.45, 2.75) is 109 Å². The Balaban J connectivity index is 2.22. The number of nitrogens with zero attached hydrogens (tertiary/aromatic N) is 3. The molecule has 1 aromatic heterocycles. The van der Waals surface area contributed by atoms with E-state index in [0.717, 1.165) is 6.42 Å². The smallest absolute Gasteiger partial charge is 0.239 e. The van der Waals surface area contributed by atoms with E-state index in [1.165, 1.54) is 0 Å². The Morgan fingerprint density at radius 3 is 2.17 bits per heavy atom. The molecule has 0 aromatic carbocycles. The van der Waals surface area contributed by atoms with E-state index >= 15 is 0 Å². The Bertz CT molecular complexity index is 955. The number of ketones is 1. The summed E-state index contributed by atoms with van der Waals surface area (Å²) in [6.07, 6.45) is 4.01. The molecule has 2 N–H and O–H groups in total. The van der Waals surface area contributed by atoms with Crippen LogP contribution in [0.3, 0.4) is 0 Å². The van der Waals surface area contributed by atoms with E-state index in [2.05, 4.69) is 57.4 Å². The number of carbonyl (C=O) groups excluding carboxylic acids is 3. The summed E-state index contributed by atoms with van der Waals surface area (Å²) in [6, 6.07) is 0. The normalized spacial score (nSPS) is 12.8. The third kappa shape index (κ3) is 15.4. The topological polar surface area (TPSA) is 134 Å². The number of hydrogen-bond acceptors (Lipinski definition) is 8. The molecule has 0 atom stereocenters. The van der Waals surface area contributed by atoms with Crippen LogP contribution in [0.4, 0.5) is 0 Å². The van der Waals surface area contributed by atoms with Crippen molar-refractivity contribution in [3.63, 3.8) is 0 Å². The summed E-state index contributed by atoms with van der Waals surface area (Å²) in [6.45, 7) is 19.3. The summed E-state index contributed by atoms with van der Waals surface area (Å²) >= 11 is 2.26. The van der Waals surface area contributed by atoms with Gasteiger partial charge in [0.05, 0.1) is 43.7 Å². The molecule has 1 aromatic rings. The number of ether oxygens (including phenoxy) is 3. The average Bonchev–Trinajstić information content (AvgIpc) is 3.30. The highest BCUT2D eigenvalue weighted by Gasteiger charge is 2.26. The van der Waals surface area contributed by atoms with Crippen LogP contribution in [0.2, 0.25) is 0 Å². The van der Waals surface area contributed by atoms with Gasteiger partial charge in [0.25, 0.3) is 0 Å². The van der Waals surface area contributed by atoms with E-state index in [9.17, 15) is 14.4 Å². The predicted molar refractivity (Wildman–Crippen MR) is 162 cm³/mol. The summed E-state index contributed by atoms with van der Waals surface area (Å²) in [5, 5.41) is 13.8. The molecule has 1 rings (SSSR count). The molecule has 40 heavy (non-hydrogen) atoms. The van der Waals surface area contributed by atoms with Crippen molar-refractivity contribution in [2.75, 3.05) is 32.9 Å². The first-order valence-corrected chi connectivity index (χ1v) is 14.9. The molecule has 0 fully saturated rings. The molecule has 12 heteroatoms. The molecule has 2 amide bonds. The minimum Gasteiger partial charge on any atom is -0.376 e. The second-order valence-electron chi connectivity index (χ2n) is 12.4. The van der Waals surface area contributed by atoms with Crippen LogP contribution < -0.4 is 10.6 Å². The second-order valence-corrected chi connectivity index (χ2v) is 15.0. The molecule has 0 radical (unpaired) electrons. The standard InChI is InChI=1S/C28H50IN5O6/c1-21(35)25(2,3)12-15-39-27(6,7)11-10-23(36)31-18-24(37)30-14-17-38-20-22-19-34(33-32-22)26(4,5)13-16-40-28(8,9)29/h19H,10-18,20H2,1-9H3,(H,30,37)(H,31,36). The van der Waals surface area contributed by atoms with E-state index < -0.39 is 11.0 Å². The lowest BCUT2D eigenvalue weighted by Gasteiger charge is -2.28. The number of halogens is 1. The number of rotatable bonds is 20. The largest absolute Gasteiger partial charge is 0.376 e. The highest BCUT2D eigenvalue weighted by atomic mass is 127. The van der Waals surface area contributed by atoms with Crippen molar-refractivity contribution in [3.8, 4) is 0 Å². The van der Waals surface area contributed by atoms with E-state index in [0.29, 0.717) is 44.9 Å². The van der Waals surface area contributed by atoms with E-state index in [4.69, 9.17) is 14.2 Å². The first-order chi connectivity index (χ1) is 18.3. The maximum atomic E-state index is 12.2. The maximum Gasteiger partial charge on any atom is 0.239 e. The van der Waals surface area contributed by atoms with Gasteiger partial charge in [-0.2, -0.15) is 0 Å². The first kappa shape index (κ1) is 36.4. The Morgan fingerprint density at radius 1 is 0.900 bits per heavy atom. The number of carbonyl (C=O) groups is 3. The first-order valence-electron chi connectivity index (χ1n) is 13.8. The second kappa shape index (κ2) is 16.1. The molecule has 1 heterocycles. The highest BCUT2D eigenvalue weighted by Crippen LogP contribution is 2.25. The maximum absolute atomic E-state index is 12.2. The van der Waals surface area contributed by atoms with Gasteiger partial charge in [0.2, 0.25) is 11.8 Å². The number of aromatic nitrogens is 3. The quantitative estimate of drug-likeness (QED) is 0.120. The third-order valence-corrected chi connectivity index (χ3v) is 7.02. The molecule has 0 aliphatic heterocycles. The molecule has 230 valence electrons. The van der Waals surface area contributed by atoms with E-state index in [-0.39, 0.29) is 46.3 Å². The predicted octanol–water partition coefficient (Wildman–Crippen LogP) is 3.92. The van der Waals surface area contributed by atoms with Crippen molar-refractivity contribution in [1.29, 1.82) is 0 Å². The van der Waals surface area contributed by atoms with E-state index in [1.54, 1.807) is 6.92 Å². The fourth-order valence-electron chi connectivity index (χ4n) is 3.33. The Hall–Kier alpha value is -1.64. The molecule has 0 unspecified atom stereocenters. The number of alkyl halides is 1. The van der Waals surface area contributed by atoms with Crippen molar-refractivity contribution >= 4 is 40.2 Å². The van der Waals surface area contributed by atoms with Gasteiger partial charge in [-0.25, -0.2) is 4.68 Å². The molecule has 0 saturated carbocycles. The van der Waals surface area contributed by atoms with Crippen molar-refractivity contribution in [3.05, 3.63) is 11.9 Å². The lowest BCUT2D eigenvalue weighted by molar-refractivity contribution is -0.128. The highest BCUT2D eigenvalue weighted by molar-refractivity contribution is 14.1. The zero-order valence-corrected chi connectivity index (χ0v) is 28.0. The van der Waals surface area contributed by atoms with Crippen LogP contribution in [-0.2, 0) is 40.7 Å². The van der Waals surface area contributed by atoms with Crippen molar-refractivity contribution in [1.82, 2.24) is 25.6 Å². The third-order valence-electron chi connectivity index (χ3n) is 6.71. The molecule has 0 bridgehead atoms. The minimum absolute atomic E-state index is 0.102. The van der Waals surface area contributed by atoms with Gasteiger partial charge in [0.15, 0.2) is 0 Å². The summed E-state index contributed by atoms with van der Waals surface area (Å²) in [5.74, 6) is -0.383. The van der Waals surface area contributed by atoms with Gasteiger partial charge in [-0.15, -0.1) is 5.10 Å². The number of amides is 2. The van der Waals surface area contributed by atoms with Gasteiger partial charge in [-0.1, -0.05) is 19.1 Å². The van der Waals surface area contributed by atoms with Crippen LogP contribution >= 0.6 is 22.6 Å². The number of nitrogens with one attached hydrogen (secondary N) is 2. The van der Waals surface area contributed by atoms with Gasteiger partial charge < -0.3 is 24.8 Å². The molecule has 0 saturated heterocycles. The zero-order chi connectivity index (χ0) is 30.6. The fourth-order valence-corrected chi connectivity index (χ4v) is 3.55. The Morgan fingerprint density at radius 2 is 1.55 bits per heavy atom. The van der Waals surface area contributed by atoms with Crippen molar-refractivity contribution in [2.24, 2.45) is 5.41 Å². The molecule has 0 aliphatic carbocycles. The van der Waals surface area contributed by atoms with Crippen LogP contribution in [0.1, 0.15) is 93.7 Å². The Kier molecular flexibility index (Phi) is 14.7. The van der Waals surface area contributed by atoms with Gasteiger partial charge >= 0.3 is 0 Å². The van der Waals surface area contributed by atoms with Gasteiger partial charge in [-0.05, 0) is 90.3 Å². The van der Waals surface area contributed by atoms with Crippen LogP contribution in [-0.4, -0.2) is 74.7 Å². The molecular weight excluding hydrogens is 629 g/mol. The summed E-state index contributed by atoms with van der Waals surface area (Å²) in [4.78, 5) is 35.9. The van der Waals surface area contributed by atoms with Crippen LogP contribution in [0.5, 0.6) is 0 Å². The lowest BCUT2D eigenvalue weighted by Crippen LogP contribution is -2.39. The Labute approximate surface area is 253 Å². The van der Waals surface area contributed by atoms with Gasteiger partial charge in [-0.3, -0.25) is 14.4 Å². The minimum atomic E-state index is -0.509. The molecule has 0 aliphatic rings. The fraction of sp³-hybridized carbons (Fsp3) is 0.821. The molecular formula is C28H50IN5O6. The summed E-state index contributed by atoms with van der Waals surface area (Å²) in [5.41, 5.74) is -0.478. The number of hydrogen-bond donors (Lipinski definition) is 2. The SMILES string of the molecule is CC(=O)C(C)(C)CCOC(C)(C)CCC(=O)NCC(=O)NCCOCc1cn(C(C)(C)CCOC(C)(C)I)nn1. The summed E-state index contributed by atoms with van der Waals surface area (Å²) in [7, 11) is 0. The van der Waals surface area contributed by atoms with Crippen molar-refractivity contribution < 1.29 is 28.6 Å². The van der Waals surface area contributed by atoms with Gasteiger partial charge in [0, 0.05) is 25.0 Å². The van der Waals surface area contributed by atoms with Crippen LogP contribution in [0.25, 0.3) is 0 Å². The molecule has 0 spiro atoms. The molecule has 11 nitrogen and oxygen atoms in total. The lowest BCUT2D eigenvalue weighted by atomic mass is 9.86. The number of Topliss-reactive ketones (excluding diaryl/α,β-unsaturated/α-hetero) is 1. The zero-order valence-electron chi connectivity index (χ0n) is 25.8. The van der Waals surface area contributed by atoms with Crippen LogP contribution in [0, 0.1) is 5.41 Å². The van der Waals surface area contributed by atoms with E-state index in [1.807, 2.05) is 52.4 Å². The summed E-state index contributed by atoms with van der Waals surface area (Å²) < 4.78 is 18.9. The van der Waals surface area contributed by atoms with Gasteiger partial charge in [0.1, 0.15) is 15.1 Å².